The Balaban J connectivity index is 2.94. The standard InChI is InChI=1S/C12H15BrFNO3/c1-12(2,3)18-11(16)15-10-8(13)5-7(14)6-9(10)17-4/h5-6H,1-4H3,(H,15,16). The van der Waals surface area contributed by atoms with Gasteiger partial charge in [-0.2, -0.15) is 0 Å². The van der Waals surface area contributed by atoms with E-state index in [9.17, 15) is 9.18 Å². The molecule has 0 aliphatic carbocycles. The molecule has 0 aromatic heterocycles. The Hall–Kier alpha value is -1.30. The first-order valence-electron chi connectivity index (χ1n) is 5.26. The number of benzene rings is 1. The number of carbonyl (C=O) groups is 1. The fourth-order valence-electron chi connectivity index (χ4n) is 1.24. The summed E-state index contributed by atoms with van der Waals surface area (Å²) in [6.07, 6.45) is -0.631. The highest BCUT2D eigenvalue weighted by molar-refractivity contribution is 9.10. The molecule has 1 amide bonds. The van der Waals surface area contributed by atoms with Crippen LogP contribution in [0, 0.1) is 5.82 Å². The van der Waals surface area contributed by atoms with Crippen molar-refractivity contribution in [2.24, 2.45) is 0 Å². The summed E-state index contributed by atoms with van der Waals surface area (Å²) in [5.41, 5.74) is -0.280. The highest BCUT2D eigenvalue weighted by Crippen LogP contribution is 2.34. The fourth-order valence-corrected chi connectivity index (χ4v) is 1.75. The average Bonchev–Trinajstić information content (AvgIpc) is 2.18. The summed E-state index contributed by atoms with van der Waals surface area (Å²) in [5, 5.41) is 2.51. The van der Waals surface area contributed by atoms with Crippen LogP contribution in [-0.4, -0.2) is 18.8 Å². The summed E-state index contributed by atoms with van der Waals surface area (Å²) < 4.78 is 23.6. The molecule has 1 rings (SSSR count). The third-order valence-electron chi connectivity index (χ3n) is 1.86. The molecule has 18 heavy (non-hydrogen) atoms. The van der Waals surface area contributed by atoms with E-state index in [1.54, 1.807) is 20.8 Å². The van der Waals surface area contributed by atoms with Gasteiger partial charge in [-0.05, 0) is 42.8 Å². The van der Waals surface area contributed by atoms with E-state index < -0.39 is 17.5 Å². The van der Waals surface area contributed by atoms with E-state index in [0.717, 1.165) is 0 Å². The van der Waals surface area contributed by atoms with Crippen molar-refractivity contribution < 1.29 is 18.7 Å². The van der Waals surface area contributed by atoms with Gasteiger partial charge in [-0.1, -0.05) is 0 Å². The summed E-state index contributed by atoms with van der Waals surface area (Å²) >= 11 is 3.16. The van der Waals surface area contributed by atoms with Crippen LogP contribution in [0.15, 0.2) is 16.6 Å². The van der Waals surface area contributed by atoms with Gasteiger partial charge < -0.3 is 9.47 Å². The van der Waals surface area contributed by atoms with E-state index in [2.05, 4.69) is 21.2 Å². The van der Waals surface area contributed by atoms with Crippen LogP contribution in [0.2, 0.25) is 0 Å². The van der Waals surface area contributed by atoms with E-state index in [1.165, 1.54) is 19.2 Å². The second-order valence-corrected chi connectivity index (χ2v) is 5.45. The molecule has 4 nitrogen and oxygen atoms in total. The maximum atomic E-state index is 13.1. The van der Waals surface area contributed by atoms with Gasteiger partial charge in [-0.25, -0.2) is 9.18 Å². The van der Waals surface area contributed by atoms with Gasteiger partial charge in [0.1, 0.15) is 22.9 Å². The normalized spacial score (nSPS) is 11.0. The second kappa shape index (κ2) is 5.56. The van der Waals surface area contributed by atoms with E-state index in [1.807, 2.05) is 0 Å². The average molecular weight is 320 g/mol. The largest absolute Gasteiger partial charge is 0.494 e. The number of nitrogens with one attached hydrogen (secondary N) is 1. The number of halogens is 2. The van der Waals surface area contributed by atoms with Crippen LogP contribution in [0.4, 0.5) is 14.9 Å². The van der Waals surface area contributed by atoms with Crippen molar-refractivity contribution >= 4 is 27.7 Å². The Morgan fingerprint density at radius 1 is 1.39 bits per heavy atom. The van der Waals surface area contributed by atoms with Crippen LogP contribution in [0.1, 0.15) is 20.8 Å². The molecule has 1 N–H and O–H groups in total. The molecule has 0 saturated heterocycles. The molecule has 0 radical (unpaired) electrons. The number of rotatable bonds is 2. The Labute approximate surface area is 114 Å². The number of carbonyl (C=O) groups excluding carboxylic acids is 1. The first-order chi connectivity index (χ1) is 8.23. The lowest BCUT2D eigenvalue weighted by molar-refractivity contribution is 0.0635. The molecule has 100 valence electrons. The lowest BCUT2D eigenvalue weighted by Gasteiger charge is -2.20. The minimum Gasteiger partial charge on any atom is -0.494 e. The number of hydrogen-bond donors (Lipinski definition) is 1. The predicted molar refractivity (Wildman–Crippen MR) is 70.5 cm³/mol. The summed E-state index contributed by atoms with van der Waals surface area (Å²) in [6.45, 7) is 5.26. The van der Waals surface area contributed by atoms with Crippen LogP contribution < -0.4 is 10.1 Å². The molecule has 0 aliphatic heterocycles. The van der Waals surface area contributed by atoms with Crippen molar-refractivity contribution in [2.75, 3.05) is 12.4 Å². The predicted octanol–water partition coefficient (Wildman–Crippen LogP) is 3.94. The molecule has 0 heterocycles. The van der Waals surface area contributed by atoms with Crippen molar-refractivity contribution in [3.8, 4) is 5.75 Å². The smallest absolute Gasteiger partial charge is 0.412 e. The quantitative estimate of drug-likeness (QED) is 0.898. The number of methoxy groups -OCH3 is 1. The van der Waals surface area contributed by atoms with Gasteiger partial charge in [0.15, 0.2) is 0 Å². The zero-order chi connectivity index (χ0) is 13.9. The molecule has 0 spiro atoms. The summed E-state index contributed by atoms with van der Waals surface area (Å²) in [4.78, 5) is 11.6. The minimum atomic E-state index is -0.631. The van der Waals surface area contributed by atoms with E-state index in [4.69, 9.17) is 9.47 Å². The molecule has 0 saturated carbocycles. The maximum Gasteiger partial charge on any atom is 0.412 e. The molecule has 0 fully saturated rings. The van der Waals surface area contributed by atoms with Gasteiger partial charge in [-0.15, -0.1) is 0 Å². The number of anilines is 1. The Bertz CT molecular complexity index is 457. The summed E-state index contributed by atoms with van der Waals surface area (Å²) in [5.74, 6) is -0.249. The van der Waals surface area contributed by atoms with Crippen molar-refractivity contribution in [3.63, 3.8) is 0 Å². The highest BCUT2D eigenvalue weighted by Gasteiger charge is 2.19. The van der Waals surface area contributed by atoms with Crippen molar-refractivity contribution in [2.45, 2.75) is 26.4 Å². The van der Waals surface area contributed by atoms with Gasteiger partial charge in [-0.3, -0.25) is 5.32 Å². The molecular formula is C12H15BrFNO3. The van der Waals surface area contributed by atoms with Crippen LogP contribution in [0.3, 0.4) is 0 Å². The SMILES string of the molecule is COc1cc(F)cc(Br)c1NC(=O)OC(C)(C)C. The Morgan fingerprint density at radius 3 is 2.50 bits per heavy atom. The zero-order valence-electron chi connectivity index (χ0n) is 10.6. The van der Waals surface area contributed by atoms with E-state index in [0.29, 0.717) is 10.2 Å². The topological polar surface area (TPSA) is 47.6 Å². The Morgan fingerprint density at radius 2 is 2.00 bits per heavy atom. The molecule has 0 atom stereocenters. The fraction of sp³-hybridized carbons (Fsp3) is 0.417. The van der Waals surface area contributed by atoms with Gasteiger partial charge in [0.2, 0.25) is 0 Å². The third kappa shape index (κ3) is 4.18. The maximum absolute atomic E-state index is 13.1. The lowest BCUT2D eigenvalue weighted by atomic mass is 10.2. The van der Waals surface area contributed by atoms with E-state index in [-0.39, 0.29) is 5.75 Å². The second-order valence-electron chi connectivity index (χ2n) is 4.59. The molecule has 1 aromatic rings. The van der Waals surface area contributed by atoms with Crippen molar-refractivity contribution in [1.82, 2.24) is 0 Å². The third-order valence-corrected chi connectivity index (χ3v) is 2.49. The summed E-state index contributed by atoms with van der Waals surface area (Å²) in [6, 6.07) is 2.41. The number of amides is 1. The van der Waals surface area contributed by atoms with Crippen molar-refractivity contribution in [3.05, 3.63) is 22.4 Å². The number of ether oxygens (including phenoxy) is 2. The molecule has 0 unspecified atom stereocenters. The molecule has 6 heteroatoms. The lowest BCUT2D eigenvalue weighted by Crippen LogP contribution is -2.27. The van der Waals surface area contributed by atoms with Crippen LogP contribution in [-0.2, 0) is 4.74 Å². The van der Waals surface area contributed by atoms with Crippen LogP contribution in [0.5, 0.6) is 5.75 Å². The molecule has 0 aliphatic rings. The first-order valence-corrected chi connectivity index (χ1v) is 6.05. The van der Waals surface area contributed by atoms with E-state index >= 15 is 0 Å². The number of hydrogen-bond acceptors (Lipinski definition) is 3. The molecule has 0 bridgehead atoms. The van der Waals surface area contributed by atoms with Gasteiger partial charge in [0.05, 0.1) is 7.11 Å². The minimum absolute atomic E-state index is 0.215. The molecular weight excluding hydrogens is 305 g/mol. The zero-order valence-corrected chi connectivity index (χ0v) is 12.2. The Kier molecular flexibility index (Phi) is 4.56. The monoisotopic (exact) mass is 319 g/mol. The summed E-state index contributed by atoms with van der Waals surface area (Å²) in [7, 11) is 1.39. The first kappa shape index (κ1) is 14.8. The van der Waals surface area contributed by atoms with Crippen molar-refractivity contribution in [1.29, 1.82) is 0 Å². The van der Waals surface area contributed by atoms with Crippen LogP contribution >= 0.6 is 15.9 Å². The molecule has 1 aromatic carbocycles. The van der Waals surface area contributed by atoms with Gasteiger partial charge >= 0.3 is 6.09 Å². The van der Waals surface area contributed by atoms with Gasteiger partial charge in [0, 0.05) is 10.5 Å². The van der Waals surface area contributed by atoms with Crippen LogP contribution in [0.25, 0.3) is 0 Å². The van der Waals surface area contributed by atoms with Gasteiger partial charge in [0.25, 0.3) is 0 Å². The highest BCUT2D eigenvalue weighted by atomic mass is 79.9.